The lowest BCUT2D eigenvalue weighted by Gasteiger charge is -2.32. The number of carbonyl (C=O) groups excluding carboxylic acids is 1. The van der Waals surface area contributed by atoms with E-state index in [0.29, 0.717) is 11.8 Å². The van der Waals surface area contributed by atoms with Gasteiger partial charge < -0.3 is 14.6 Å². The number of allylic oxidation sites excluding steroid dienone is 1. The normalized spacial score (nSPS) is 24.1. The molecule has 3 aliphatic carbocycles. The zero-order valence-corrected chi connectivity index (χ0v) is 17.2. The van der Waals surface area contributed by atoms with Crippen LogP contribution in [0, 0.1) is 0 Å². The predicted molar refractivity (Wildman–Crippen MR) is 108 cm³/mol. The molecule has 0 radical (unpaired) electrons. The first-order valence-corrected chi connectivity index (χ1v) is 10.9. The highest BCUT2D eigenvalue weighted by Crippen LogP contribution is 2.47. The van der Waals surface area contributed by atoms with Crippen LogP contribution in [0.25, 0.3) is 11.5 Å². The van der Waals surface area contributed by atoms with Gasteiger partial charge in [0.25, 0.3) is 11.8 Å². The molecule has 28 heavy (non-hydrogen) atoms. The molecule has 2 heterocycles. The summed E-state index contributed by atoms with van der Waals surface area (Å²) in [6.45, 7) is 2.15. The molecular formula is C21H25N3O3S. The molecule has 1 amide bonds. The van der Waals surface area contributed by atoms with Crippen LogP contribution in [0.2, 0.25) is 0 Å². The van der Waals surface area contributed by atoms with Gasteiger partial charge in [-0.2, -0.15) is 4.98 Å². The van der Waals surface area contributed by atoms with Crippen LogP contribution in [0.15, 0.2) is 16.2 Å². The first kappa shape index (κ1) is 18.1. The number of ether oxygens (including phenoxy) is 1. The van der Waals surface area contributed by atoms with Crippen molar-refractivity contribution in [3.63, 3.8) is 0 Å². The van der Waals surface area contributed by atoms with Gasteiger partial charge in [-0.3, -0.25) is 4.79 Å². The number of amides is 1. The Morgan fingerprint density at radius 1 is 1.39 bits per heavy atom. The Morgan fingerprint density at radius 3 is 2.96 bits per heavy atom. The molecule has 7 heteroatoms. The van der Waals surface area contributed by atoms with E-state index in [1.165, 1.54) is 10.4 Å². The largest absolute Gasteiger partial charge is 0.378 e. The molecule has 1 saturated carbocycles. The fourth-order valence-electron chi connectivity index (χ4n) is 4.13. The maximum atomic E-state index is 12.8. The highest BCUT2D eigenvalue weighted by molar-refractivity contribution is 7.17. The number of hydrogen-bond donors (Lipinski definition) is 1. The first-order chi connectivity index (χ1) is 13.6. The summed E-state index contributed by atoms with van der Waals surface area (Å²) in [5.74, 6) is 1.76. The van der Waals surface area contributed by atoms with E-state index in [4.69, 9.17) is 9.26 Å². The number of rotatable bonds is 5. The van der Waals surface area contributed by atoms with Crippen LogP contribution >= 0.6 is 11.3 Å². The van der Waals surface area contributed by atoms with E-state index in [2.05, 4.69) is 22.4 Å². The van der Waals surface area contributed by atoms with Gasteiger partial charge in [-0.15, -0.1) is 11.3 Å². The third kappa shape index (κ3) is 3.20. The van der Waals surface area contributed by atoms with E-state index >= 15 is 0 Å². The molecule has 1 fully saturated rings. The van der Waals surface area contributed by atoms with Crippen LogP contribution < -0.4 is 5.32 Å². The summed E-state index contributed by atoms with van der Waals surface area (Å²) in [6, 6.07) is 0. The minimum Gasteiger partial charge on any atom is -0.378 e. The number of fused-ring (bicyclic) bond motifs is 1. The number of nitrogens with one attached hydrogen (secondary N) is 1. The Balaban J connectivity index is 1.53. The third-order valence-corrected chi connectivity index (χ3v) is 7.33. The number of anilines is 1. The summed E-state index contributed by atoms with van der Waals surface area (Å²) in [5, 5.41) is 8.17. The first-order valence-electron chi connectivity index (χ1n) is 10.1. The van der Waals surface area contributed by atoms with E-state index in [0.717, 1.165) is 73.3 Å². The maximum absolute atomic E-state index is 12.8. The zero-order valence-electron chi connectivity index (χ0n) is 16.3. The average molecular weight is 400 g/mol. The van der Waals surface area contributed by atoms with E-state index in [1.807, 2.05) is 6.08 Å². The van der Waals surface area contributed by atoms with Gasteiger partial charge in [0.1, 0.15) is 5.00 Å². The molecule has 1 atom stereocenters. The highest BCUT2D eigenvalue weighted by Gasteiger charge is 2.36. The van der Waals surface area contributed by atoms with Crippen molar-refractivity contribution in [1.82, 2.24) is 10.1 Å². The third-order valence-electron chi connectivity index (χ3n) is 6.18. The summed E-state index contributed by atoms with van der Waals surface area (Å²) in [4.78, 5) is 18.7. The van der Waals surface area contributed by atoms with Crippen molar-refractivity contribution in [2.24, 2.45) is 0 Å². The van der Waals surface area contributed by atoms with E-state index in [9.17, 15) is 4.79 Å². The lowest BCUT2D eigenvalue weighted by atomic mass is 9.84. The number of aromatic nitrogens is 2. The van der Waals surface area contributed by atoms with Crippen LogP contribution in [-0.4, -0.2) is 28.8 Å². The molecule has 2 aromatic rings. The van der Waals surface area contributed by atoms with Gasteiger partial charge in [0.2, 0.25) is 0 Å². The van der Waals surface area contributed by atoms with Crippen molar-refractivity contribution in [3.05, 3.63) is 27.9 Å². The minimum atomic E-state index is -0.168. The zero-order chi connectivity index (χ0) is 19.3. The van der Waals surface area contributed by atoms with Gasteiger partial charge in [-0.25, -0.2) is 0 Å². The number of nitrogens with zero attached hydrogens (tertiary/aromatic N) is 2. The molecule has 6 nitrogen and oxygen atoms in total. The van der Waals surface area contributed by atoms with Gasteiger partial charge in [0, 0.05) is 29.9 Å². The molecule has 0 bridgehead atoms. The van der Waals surface area contributed by atoms with E-state index < -0.39 is 0 Å². The molecule has 0 unspecified atom stereocenters. The van der Waals surface area contributed by atoms with Gasteiger partial charge in [0.15, 0.2) is 5.82 Å². The van der Waals surface area contributed by atoms with E-state index in [-0.39, 0.29) is 11.5 Å². The van der Waals surface area contributed by atoms with Gasteiger partial charge in [0.05, 0.1) is 11.2 Å². The standard InChI is InChI=1S/C21H25N3O3S/c1-21(26-2)10-9-14-15(11-21)28-20(23-18(25)13-5-3-4-6-13)16(14)19-22-17(24-27-19)12-7-8-12/h5,12H,3-4,6-11H2,1-2H3,(H,23,25)/t21-/m1/s1. The molecule has 0 aliphatic heterocycles. The summed E-state index contributed by atoms with van der Waals surface area (Å²) in [5.41, 5.74) is 2.85. The Hall–Kier alpha value is -1.99. The number of hydrogen-bond acceptors (Lipinski definition) is 6. The van der Waals surface area contributed by atoms with Crippen molar-refractivity contribution >= 4 is 22.2 Å². The number of carbonyl (C=O) groups is 1. The van der Waals surface area contributed by atoms with Crippen LogP contribution in [0.1, 0.15) is 67.6 Å². The molecule has 148 valence electrons. The second-order valence-corrected chi connectivity index (χ2v) is 9.45. The Morgan fingerprint density at radius 2 is 2.25 bits per heavy atom. The smallest absolute Gasteiger partial charge is 0.261 e. The minimum absolute atomic E-state index is 0.00576. The monoisotopic (exact) mass is 399 g/mol. The van der Waals surface area contributed by atoms with Crippen LogP contribution in [0.5, 0.6) is 0 Å². The Bertz CT molecular complexity index is 956. The second kappa shape index (κ2) is 6.81. The number of methoxy groups -OCH3 is 1. The molecular weight excluding hydrogens is 374 g/mol. The summed E-state index contributed by atoms with van der Waals surface area (Å²) < 4.78 is 11.4. The van der Waals surface area contributed by atoms with Crippen LogP contribution in [-0.2, 0) is 22.4 Å². The topological polar surface area (TPSA) is 77.2 Å². The van der Waals surface area contributed by atoms with Crippen molar-refractivity contribution in [2.45, 2.75) is 69.8 Å². The summed E-state index contributed by atoms with van der Waals surface area (Å²) in [6.07, 6.45) is 9.83. The second-order valence-electron chi connectivity index (χ2n) is 8.35. The quantitative estimate of drug-likeness (QED) is 0.794. The van der Waals surface area contributed by atoms with E-state index in [1.54, 1.807) is 18.4 Å². The molecule has 1 N–H and O–H groups in total. The Kier molecular flexibility index (Phi) is 4.39. The van der Waals surface area contributed by atoms with Crippen molar-refractivity contribution in [3.8, 4) is 11.5 Å². The molecule has 0 spiro atoms. The van der Waals surface area contributed by atoms with Crippen LogP contribution in [0.3, 0.4) is 0 Å². The fraction of sp³-hybridized carbons (Fsp3) is 0.571. The van der Waals surface area contributed by atoms with Crippen molar-refractivity contribution in [2.75, 3.05) is 12.4 Å². The SMILES string of the molecule is CO[C@]1(C)CCc2c(sc(NC(=O)C3=CCCC3)c2-c2nc(C3CC3)no2)C1. The summed E-state index contributed by atoms with van der Waals surface area (Å²) >= 11 is 1.63. The fourth-order valence-corrected chi connectivity index (χ4v) is 5.54. The highest BCUT2D eigenvalue weighted by atomic mass is 32.1. The summed E-state index contributed by atoms with van der Waals surface area (Å²) in [7, 11) is 1.77. The molecule has 0 saturated heterocycles. The lowest BCUT2D eigenvalue weighted by molar-refractivity contribution is -0.112. The maximum Gasteiger partial charge on any atom is 0.261 e. The molecule has 5 rings (SSSR count). The van der Waals surface area contributed by atoms with Gasteiger partial charge >= 0.3 is 0 Å². The van der Waals surface area contributed by atoms with Crippen molar-refractivity contribution in [1.29, 1.82) is 0 Å². The lowest BCUT2D eigenvalue weighted by Crippen LogP contribution is -2.33. The van der Waals surface area contributed by atoms with Crippen LogP contribution in [0.4, 0.5) is 5.00 Å². The predicted octanol–water partition coefficient (Wildman–Crippen LogP) is 4.62. The van der Waals surface area contributed by atoms with Crippen molar-refractivity contribution < 1.29 is 14.1 Å². The molecule has 0 aromatic carbocycles. The molecule has 2 aromatic heterocycles. The van der Waals surface area contributed by atoms with Gasteiger partial charge in [-0.05, 0) is 57.4 Å². The Labute approximate surface area is 168 Å². The number of thiophene rings is 1. The molecule has 3 aliphatic rings. The average Bonchev–Trinajstić information content (AvgIpc) is 3.11. The van der Waals surface area contributed by atoms with Gasteiger partial charge in [-0.1, -0.05) is 11.2 Å².